The van der Waals surface area contributed by atoms with Crippen LogP contribution in [0.25, 0.3) is 11.3 Å². The predicted molar refractivity (Wildman–Crippen MR) is 88.0 cm³/mol. The molecule has 2 atom stereocenters. The first kappa shape index (κ1) is 16.6. The molecule has 1 aromatic heterocycles. The molecule has 1 heterocycles. The van der Waals surface area contributed by atoms with Crippen LogP contribution in [0.3, 0.4) is 0 Å². The van der Waals surface area contributed by atoms with E-state index in [0.717, 1.165) is 5.56 Å². The molecule has 0 spiro atoms. The van der Waals surface area contributed by atoms with Gasteiger partial charge in [0.25, 0.3) is 5.91 Å². The summed E-state index contributed by atoms with van der Waals surface area (Å²) in [5.41, 5.74) is 1.81. The molecule has 1 amide bonds. The van der Waals surface area contributed by atoms with E-state index in [1.54, 1.807) is 6.92 Å². The second-order valence-corrected chi connectivity index (χ2v) is 6.12. The summed E-state index contributed by atoms with van der Waals surface area (Å²) in [6, 6.07) is 9.29. The SMILES string of the molecule is CSC(CO)C(C)NC(=O)c1c(-c2ccccc2)noc1C. The number of benzene rings is 1. The Morgan fingerprint density at radius 1 is 1.41 bits per heavy atom. The highest BCUT2D eigenvalue weighted by molar-refractivity contribution is 7.99. The van der Waals surface area contributed by atoms with Crippen LogP contribution in [-0.2, 0) is 0 Å². The molecule has 2 aromatic rings. The van der Waals surface area contributed by atoms with E-state index in [1.165, 1.54) is 11.8 Å². The molecule has 5 nitrogen and oxygen atoms in total. The molecule has 6 heteroatoms. The molecule has 0 bridgehead atoms. The van der Waals surface area contributed by atoms with Crippen LogP contribution >= 0.6 is 11.8 Å². The third kappa shape index (κ3) is 3.51. The van der Waals surface area contributed by atoms with Gasteiger partial charge in [0, 0.05) is 16.9 Å². The topological polar surface area (TPSA) is 75.4 Å². The summed E-state index contributed by atoms with van der Waals surface area (Å²) in [6.07, 6.45) is 1.91. The van der Waals surface area contributed by atoms with Gasteiger partial charge in [0.05, 0.1) is 6.61 Å². The molecule has 0 saturated heterocycles. The normalized spacial score (nSPS) is 13.6. The Balaban J connectivity index is 2.25. The fraction of sp³-hybridized carbons (Fsp3) is 0.375. The molecule has 22 heavy (non-hydrogen) atoms. The quantitative estimate of drug-likeness (QED) is 0.855. The number of aliphatic hydroxyl groups is 1. The van der Waals surface area contributed by atoms with Gasteiger partial charge in [0.1, 0.15) is 17.0 Å². The second kappa shape index (κ2) is 7.47. The number of carbonyl (C=O) groups excluding carboxylic acids is 1. The average Bonchev–Trinajstić information content (AvgIpc) is 2.91. The predicted octanol–water partition coefficient (Wildman–Crippen LogP) is 2.49. The standard InChI is InChI=1S/C16H20N2O3S/c1-10(13(9-19)22-3)17-16(20)14-11(2)21-18-15(14)12-7-5-4-6-8-12/h4-8,10,13,19H,9H2,1-3H3,(H,17,20). The van der Waals surface area contributed by atoms with Crippen LogP contribution in [0.4, 0.5) is 0 Å². The van der Waals surface area contributed by atoms with E-state index in [4.69, 9.17) is 4.52 Å². The van der Waals surface area contributed by atoms with Crippen LogP contribution in [0, 0.1) is 6.92 Å². The van der Waals surface area contributed by atoms with Crippen LogP contribution in [0.2, 0.25) is 0 Å². The Kier molecular flexibility index (Phi) is 5.63. The summed E-state index contributed by atoms with van der Waals surface area (Å²) >= 11 is 1.52. The summed E-state index contributed by atoms with van der Waals surface area (Å²) in [4.78, 5) is 12.6. The monoisotopic (exact) mass is 320 g/mol. The van der Waals surface area contributed by atoms with E-state index in [-0.39, 0.29) is 23.8 Å². The first-order valence-electron chi connectivity index (χ1n) is 7.04. The number of aliphatic hydroxyl groups excluding tert-OH is 1. The van der Waals surface area contributed by atoms with Gasteiger partial charge in [-0.05, 0) is 20.1 Å². The number of amides is 1. The molecule has 0 fully saturated rings. The van der Waals surface area contributed by atoms with Gasteiger partial charge < -0.3 is 14.9 Å². The van der Waals surface area contributed by atoms with Crippen molar-refractivity contribution in [3.05, 3.63) is 41.7 Å². The van der Waals surface area contributed by atoms with Gasteiger partial charge in [-0.25, -0.2) is 0 Å². The van der Waals surface area contributed by atoms with Crippen molar-refractivity contribution in [2.24, 2.45) is 0 Å². The minimum Gasteiger partial charge on any atom is -0.395 e. The van der Waals surface area contributed by atoms with Crippen molar-refractivity contribution in [1.29, 1.82) is 0 Å². The zero-order valence-electron chi connectivity index (χ0n) is 12.9. The highest BCUT2D eigenvalue weighted by Crippen LogP contribution is 2.25. The lowest BCUT2D eigenvalue weighted by atomic mass is 10.1. The lowest BCUT2D eigenvalue weighted by Crippen LogP contribution is -2.41. The van der Waals surface area contributed by atoms with Crippen molar-refractivity contribution in [2.45, 2.75) is 25.1 Å². The number of nitrogens with one attached hydrogen (secondary N) is 1. The van der Waals surface area contributed by atoms with E-state index < -0.39 is 0 Å². The molecule has 0 aliphatic carbocycles. The number of thioether (sulfide) groups is 1. The van der Waals surface area contributed by atoms with Crippen LogP contribution in [0.15, 0.2) is 34.9 Å². The van der Waals surface area contributed by atoms with E-state index in [1.807, 2.05) is 43.5 Å². The van der Waals surface area contributed by atoms with Gasteiger partial charge in [-0.2, -0.15) is 11.8 Å². The van der Waals surface area contributed by atoms with Crippen molar-refractivity contribution in [3.8, 4) is 11.3 Å². The molecule has 0 saturated carbocycles. The molecule has 2 rings (SSSR count). The van der Waals surface area contributed by atoms with Gasteiger partial charge in [-0.1, -0.05) is 35.5 Å². The van der Waals surface area contributed by atoms with Gasteiger partial charge in [0.15, 0.2) is 0 Å². The fourth-order valence-corrected chi connectivity index (χ4v) is 2.87. The molecular weight excluding hydrogens is 300 g/mol. The highest BCUT2D eigenvalue weighted by atomic mass is 32.2. The van der Waals surface area contributed by atoms with Gasteiger partial charge in [0.2, 0.25) is 0 Å². The Morgan fingerprint density at radius 2 is 2.09 bits per heavy atom. The van der Waals surface area contributed by atoms with Crippen molar-refractivity contribution < 1.29 is 14.4 Å². The number of nitrogens with zero attached hydrogens (tertiary/aromatic N) is 1. The summed E-state index contributed by atoms with van der Waals surface area (Å²) in [6.45, 7) is 3.61. The number of aryl methyl sites for hydroxylation is 1. The maximum Gasteiger partial charge on any atom is 0.257 e. The Morgan fingerprint density at radius 3 is 2.68 bits per heavy atom. The average molecular weight is 320 g/mol. The molecule has 0 aliphatic rings. The van der Waals surface area contributed by atoms with E-state index in [0.29, 0.717) is 17.0 Å². The first-order valence-corrected chi connectivity index (χ1v) is 8.33. The second-order valence-electron chi connectivity index (χ2n) is 5.05. The van der Waals surface area contributed by atoms with Crippen molar-refractivity contribution in [3.63, 3.8) is 0 Å². The largest absolute Gasteiger partial charge is 0.395 e. The zero-order valence-corrected chi connectivity index (χ0v) is 13.7. The fourth-order valence-electron chi connectivity index (χ4n) is 2.24. The van der Waals surface area contributed by atoms with Gasteiger partial charge >= 0.3 is 0 Å². The summed E-state index contributed by atoms with van der Waals surface area (Å²) < 4.78 is 5.20. The van der Waals surface area contributed by atoms with Crippen LogP contribution in [0.5, 0.6) is 0 Å². The number of rotatable bonds is 6. The Labute approximate surface area is 134 Å². The van der Waals surface area contributed by atoms with Gasteiger partial charge in [-0.15, -0.1) is 0 Å². The molecule has 2 N–H and O–H groups in total. The highest BCUT2D eigenvalue weighted by Gasteiger charge is 2.24. The molecule has 1 aromatic carbocycles. The van der Waals surface area contributed by atoms with Crippen molar-refractivity contribution >= 4 is 17.7 Å². The summed E-state index contributed by atoms with van der Waals surface area (Å²) in [7, 11) is 0. The molecule has 0 aliphatic heterocycles. The lowest BCUT2D eigenvalue weighted by molar-refractivity contribution is 0.0935. The summed E-state index contributed by atoms with van der Waals surface area (Å²) in [5.74, 6) is 0.242. The molecule has 118 valence electrons. The van der Waals surface area contributed by atoms with Crippen molar-refractivity contribution in [1.82, 2.24) is 10.5 Å². The minimum atomic E-state index is -0.238. The maximum atomic E-state index is 12.6. The molecule has 0 radical (unpaired) electrons. The molecular formula is C16H20N2O3S. The Hall–Kier alpha value is -1.79. The van der Waals surface area contributed by atoms with Crippen LogP contribution in [-0.4, -0.2) is 40.3 Å². The number of aromatic nitrogens is 1. The van der Waals surface area contributed by atoms with E-state index >= 15 is 0 Å². The smallest absolute Gasteiger partial charge is 0.257 e. The molecule has 2 unspecified atom stereocenters. The lowest BCUT2D eigenvalue weighted by Gasteiger charge is -2.21. The van der Waals surface area contributed by atoms with Crippen LogP contribution < -0.4 is 5.32 Å². The van der Waals surface area contributed by atoms with Crippen LogP contribution in [0.1, 0.15) is 23.0 Å². The Bertz CT molecular complexity index is 624. The summed E-state index contributed by atoms with van der Waals surface area (Å²) in [5, 5.41) is 16.2. The third-order valence-corrected chi connectivity index (χ3v) is 4.70. The minimum absolute atomic E-state index is 0.0107. The van der Waals surface area contributed by atoms with E-state index in [2.05, 4.69) is 10.5 Å². The van der Waals surface area contributed by atoms with Gasteiger partial charge in [-0.3, -0.25) is 4.79 Å². The first-order chi connectivity index (χ1) is 10.6. The number of hydrogen-bond donors (Lipinski definition) is 2. The third-order valence-electron chi connectivity index (χ3n) is 3.54. The van der Waals surface area contributed by atoms with Crippen molar-refractivity contribution in [2.75, 3.05) is 12.9 Å². The maximum absolute atomic E-state index is 12.6. The zero-order chi connectivity index (χ0) is 16.1. The van der Waals surface area contributed by atoms with E-state index in [9.17, 15) is 9.90 Å². The number of carbonyl (C=O) groups is 1. The number of hydrogen-bond acceptors (Lipinski definition) is 5.